The molecule has 1 aromatic rings. The zero-order chi connectivity index (χ0) is 14.2. The van der Waals surface area contributed by atoms with E-state index in [4.69, 9.17) is 5.73 Å². The summed E-state index contributed by atoms with van der Waals surface area (Å²) in [6, 6.07) is 0.333. The number of hydrogen-bond acceptors (Lipinski definition) is 2. The van der Waals surface area contributed by atoms with Gasteiger partial charge in [-0.2, -0.15) is 0 Å². The van der Waals surface area contributed by atoms with E-state index in [1.165, 1.54) is 19.3 Å². The molecule has 0 saturated heterocycles. The molecule has 1 aromatic heterocycles. The Labute approximate surface area is 115 Å². The van der Waals surface area contributed by atoms with E-state index in [1.54, 1.807) is 0 Å². The van der Waals surface area contributed by atoms with E-state index in [0.29, 0.717) is 11.7 Å². The van der Waals surface area contributed by atoms with Gasteiger partial charge in [0.25, 0.3) is 5.56 Å². The summed E-state index contributed by atoms with van der Waals surface area (Å²) in [4.78, 5) is 12.5. The molecule has 4 nitrogen and oxygen atoms in total. The molecule has 0 amide bonds. The van der Waals surface area contributed by atoms with Crippen molar-refractivity contribution in [3.8, 4) is 0 Å². The van der Waals surface area contributed by atoms with Gasteiger partial charge in [-0.15, -0.1) is 0 Å². The fourth-order valence-electron chi connectivity index (χ4n) is 3.37. The first-order chi connectivity index (χ1) is 8.88. The van der Waals surface area contributed by atoms with Gasteiger partial charge in [0.05, 0.1) is 11.7 Å². The summed E-state index contributed by atoms with van der Waals surface area (Å²) in [6.07, 6.45) is 5.94. The molecule has 0 bridgehead atoms. The van der Waals surface area contributed by atoms with Crippen LogP contribution in [0.4, 0.5) is 5.69 Å². The van der Waals surface area contributed by atoms with E-state index in [0.717, 1.165) is 25.1 Å². The van der Waals surface area contributed by atoms with Crippen LogP contribution in [0.15, 0.2) is 4.79 Å². The summed E-state index contributed by atoms with van der Waals surface area (Å²) in [6.45, 7) is 9.25. The van der Waals surface area contributed by atoms with Gasteiger partial charge in [0.15, 0.2) is 0 Å². The lowest BCUT2D eigenvalue weighted by molar-refractivity contribution is 0.276. The van der Waals surface area contributed by atoms with E-state index in [-0.39, 0.29) is 11.0 Å². The highest BCUT2D eigenvalue weighted by Crippen LogP contribution is 2.32. The third-order valence-electron chi connectivity index (χ3n) is 4.14. The zero-order valence-corrected chi connectivity index (χ0v) is 12.7. The molecule has 0 aliphatic heterocycles. The highest BCUT2D eigenvalue weighted by Gasteiger charge is 2.29. The van der Waals surface area contributed by atoms with Gasteiger partial charge in [0.2, 0.25) is 0 Å². The van der Waals surface area contributed by atoms with E-state index in [1.807, 2.05) is 4.68 Å². The number of rotatable bonds is 2. The second-order valence-electron chi connectivity index (χ2n) is 6.67. The normalized spacial score (nSPS) is 17.9. The van der Waals surface area contributed by atoms with E-state index < -0.39 is 0 Å². The lowest BCUT2D eigenvalue weighted by atomic mass is 9.91. The van der Waals surface area contributed by atoms with Crippen molar-refractivity contribution in [1.29, 1.82) is 0 Å². The first-order valence-corrected chi connectivity index (χ1v) is 7.49. The van der Waals surface area contributed by atoms with Gasteiger partial charge in [0.1, 0.15) is 5.69 Å². The van der Waals surface area contributed by atoms with Crippen molar-refractivity contribution in [2.24, 2.45) is 0 Å². The molecule has 0 unspecified atom stereocenters. The summed E-state index contributed by atoms with van der Waals surface area (Å²) in [5.41, 5.74) is 7.47. The fourth-order valence-corrected chi connectivity index (χ4v) is 3.37. The molecule has 1 saturated carbocycles. The summed E-state index contributed by atoms with van der Waals surface area (Å²) in [5, 5.41) is 0. The van der Waals surface area contributed by atoms with Crippen molar-refractivity contribution in [2.75, 3.05) is 5.73 Å². The Kier molecular flexibility index (Phi) is 3.79. The molecule has 1 heterocycles. The van der Waals surface area contributed by atoms with Crippen LogP contribution in [0.25, 0.3) is 0 Å². The standard InChI is InChI=1S/C15H27N3O/c1-5-17-13(15(2,3)4)12(16)14(19)18(17)11-9-7-6-8-10-11/h11H,5-10,16H2,1-4H3. The molecule has 0 radical (unpaired) electrons. The van der Waals surface area contributed by atoms with Crippen molar-refractivity contribution >= 4 is 5.69 Å². The predicted octanol–water partition coefficient (Wildman–Crippen LogP) is 3.05. The Balaban J connectivity index is 2.58. The summed E-state index contributed by atoms with van der Waals surface area (Å²) < 4.78 is 4.06. The highest BCUT2D eigenvalue weighted by atomic mass is 16.1. The van der Waals surface area contributed by atoms with Gasteiger partial charge in [-0.3, -0.25) is 9.48 Å². The lowest BCUT2D eigenvalue weighted by Crippen LogP contribution is -2.30. The number of aromatic nitrogens is 2. The van der Waals surface area contributed by atoms with Crippen LogP contribution in [0, 0.1) is 0 Å². The van der Waals surface area contributed by atoms with Crippen LogP contribution in [0.1, 0.15) is 71.5 Å². The maximum absolute atomic E-state index is 12.5. The second kappa shape index (κ2) is 5.06. The first kappa shape index (κ1) is 14.2. The van der Waals surface area contributed by atoms with Crippen molar-refractivity contribution in [3.05, 3.63) is 16.0 Å². The molecule has 0 atom stereocenters. The SMILES string of the molecule is CCn1c(C(C)(C)C)c(N)c(=O)n1C1CCCCC1. The smallest absolute Gasteiger partial charge is 0.290 e. The van der Waals surface area contributed by atoms with Crippen molar-refractivity contribution in [3.63, 3.8) is 0 Å². The number of nitrogens with two attached hydrogens (primary N) is 1. The summed E-state index contributed by atoms with van der Waals surface area (Å²) in [5.74, 6) is 0. The number of nitrogens with zero attached hydrogens (tertiary/aromatic N) is 2. The van der Waals surface area contributed by atoms with Gasteiger partial charge in [-0.1, -0.05) is 40.0 Å². The average molecular weight is 265 g/mol. The maximum Gasteiger partial charge on any atom is 0.290 e. The van der Waals surface area contributed by atoms with Gasteiger partial charge in [0, 0.05) is 12.0 Å². The largest absolute Gasteiger partial charge is 0.393 e. The minimum atomic E-state index is -0.0980. The Bertz CT molecular complexity index is 499. The van der Waals surface area contributed by atoms with Gasteiger partial charge in [-0.25, -0.2) is 4.68 Å². The van der Waals surface area contributed by atoms with Crippen molar-refractivity contribution in [1.82, 2.24) is 9.36 Å². The summed E-state index contributed by atoms with van der Waals surface area (Å²) >= 11 is 0. The predicted molar refractivity (Wildman–Crippen MR) is 79.6 cm³/mol. The summed E-state index contributed by atoms with van der Waals surface area (Å²) in [7, 11) is 0. The molecule has 4 heteroatoms. The number of hydrogen-bond donors (Lipinski definition) is 1. The van der Waals surface area contributed by atoms with E-state index >= 15 is 0 Å². The fraction of sp³-hybridized carbons (Fsp3) is 0.800. The molecule has 108 valence electrons. The third kappa shape index (κ3) is 2.45. The quantitative estimate of drug-likeness (QED) is 0.893. The minimum Gasteiger partial charge on any atom is -0.393 e. The second-order valence-corrected chi connectivity index (χ2v) is 6.67. The highest BCUT2D eigenvalue weighted by molar-refractivity contribution is 5.45. The van der Waals surface area contributed by atoms with Crippen LogP contribution >= 0.6 is 0 Å². The Hall–Kier alpha value is -1.19. The van der Waals surface area contributed by atoms with E-state index in [9.17, 15) is 4.79 Å². The Morgan fingerprint density at radius 2 is 1.79 bits per heavy atom. The van der Waals surface area contributed by atoms with Crippen molar-refractivity contribution in [2.45, 2.75) is 77.8 Å². The minimum absolute atomic E-state index is 0.0127. The topological polar surface area (TPSA) is 52.9 Å². The van der Waals surface area contributed by atoms with Gasteiger partial charge < -0.3 is 5.73 Å². The molecule has 19 heavy (non-hydrogen) atoms. The van der Waals surface area contributed by atoms with Crippen LogP contribution in [-0.4, -0.2) is 9.36 Å². The van der Waals surface area contributed by atoms with E-state index in [2.05, 4.69) is 32.4 Å². The average Bonchev–Trinajstić information content (AvgIpc) is 2.62. The van der Waals surface area contributed by atoms with Crippen LogP contribution in [0.2, 0.25) is 0 Å². The monoisotopic (exact) mass is 265 g/mol. The number of nitrogen functional groups attached to an aromatic ring is 1. The molecule has 2 rings (SSSR count). The van der Waals surface area contributed by atoms with Crippen LogP contribution < -0.4 is 11.3 Å². The Morgan fingerprint density at radius 1 is 1.21 bits per heavy atom. The molecule has 1 fully saturated rings. The molecule has 2 N–H and O–H groups in total. The van der Waals surface area contributed by atoms with Crippen LogP contribution in [0.3, 0.4) is 0 Å². The Morgan fingerprint density at radius 3 is 2.26 bits per heavy atom. The van der Waals surface area contributed by atoms with Crippen molar-refractivity contribution < 1.29 is 0 Å². The molecule has 0 aromatic carbocycles. The van der Waals surface area contributed by atoms with Crippen LogP contribution in [0.5, 0.6) is 0 Å². The first-order valence-electron chi connectivity index (χ1n) is 7.49. The maximum atomic E-state index is 12.5. The zero-order valence-electron chi connectivity index (χ0n) is 12.7. The van der Waals surface area contributed by atoms with Crippen LogP contribution in [-0.2, 0) is 12.0 Å². The molecular weight excluding hydrogens is 238 g/mol. The third-order valence-corrected chi connectivity index (χ3v) is 4.14. The van der Waals surface area contributed by atoms with Gasteiger partial charge >= 0.3 is 0 Å². The number of anilines is 1. The molecule has 1 aliphatic rings. The molecule has 0 spiro atoms. The lowest BCUT2D eigenvalue weighted by Gasteiger charge is -2.28. The molecule has 1 aliphatic carbocycles. The van der Waals surface area contributed by atoms with Gasteiger partial charge in [-0.05, 0) is 19.8 Å². The molecular formula is C15H27N3O.